The molecule has 2 N–H and O–H groups in total. The van der Waals surface area contributed by atoms with E-state index in [-0.39, 0.29) is 11.5 Å². The molecule has 0 heterocycles. The molecule has 0 spiro atoms. The monoisotopic (exact) mass is 233 g/mol. The Morgan fingerprint density at radius 1 is 1.00 bits per heavy atom. The Bertz CT molecular complexity index is 553. The van der Waals surface area contributed by atoms with Crippen LogP contribution in [0.2, 0.25) is 0 Å². The molecule has 0 fully saturated rings. The second kappa shape index (κ2) is 4.17. The lowest BCUT2D eigenvalue weighted by Gasteiger charge is -2.11. The van der Waals surface area contributed by atoms with Gasteiger partial charge in [0.15, 0.2) is 0 Å². The molecule has 2 rings (SSSR count). The van der Waals surface area contributed by atoms with Gasteiger partial charge in [-0.15, -0.1) is 0 Å². The van der Waals surface area contributed by atoms with E-state index in [1.807, 2.05) is 19.9 Å². The van der Waals surface area contributed by atoms with Crippen molar-refractivity contribution in [3.8, 4) is 11.1 Å². The fourth-order valence-corrected chi connectivity index (χ4v) is 2.02. The number of aryl methyl sites for hydroxylation is 2. The average Bonchev–Trinajstić information content (AvgIpc) is 2.19. The van der Waals surface area contributed by atoms with Crippen LogP contribution >= 0.6 is 0 Å². The predicted octanol–water partition coefficient (Wildman–Crippen LogP) is 3.83. The van der Waals surface area contributed by atoms with Gasteiger partial charge in [-0.05, 0) is 49.2 Å². The van der Waals surface area contributed by atoms with Crippen molar-refractivity contribution in [3.63, 3.8) is 0 Å². The standard InChI is InChI=1S/C14H13F2N/c1-8-5-9(2)14(12(16)6-8)11-4-3-10(15)7-13(11)17/h3-7H,17H2,1-2H3. The maximum Gasteiger partial charge on any atom is 0.131 e. The van der Waals surface area contributed by atoms with Crippen molar-refractivity contribution in [1.82, 2.24) is 0 Å². The fourth-order valence-electron chi connectivity index (χ4n) is 2.02. The maximum absolute atomic E-state index is 13.9. The molecule has 0 saturated carbocycles. The number of nitrogens with two attached hydrogens (primary N) is 1. The van der Waals surface area contributed by atoms with Gasteiger partial charge in [0.25, 0.3) is 0 Å². The largest absolute Gasteiger partial charge is 0.398 e. The summed E-state index contributed by atoms with van der Waals surface area (Å²) < 4.78 is 26.9. The van der Waals surface area contributed by atoms with E-state index in [4.69, 9.17) is 5.73 Å². The smallest absolute Gasteiger partial charge is 0.131 e. The molecule has 0 aromatic heterocycles. The van der Waals surface area contributed by atoms with Crippen LogP contribution in [0.1, 0.15) is 11.1 Å². The van der Waals surface area contributed by atoms with Crippen LogP contribution in [-0.2, 0) is 0 Å². The lowest BCUT2D eigenvalue weighted by molar-refractivity contribution is 0.625. The van der Waals surface area contributed by atoms with Crippen LogP contribution in [0.5, 0.6) is 0 Å². The summed E-state index contributed by atoms with van der Waals surface area (Å²) in [6.07, 6.45) is 0. The molecule has 2 aromatic rings. The van der Waals surface area contributed by atoms with Gasteiger partial charge in [-0.25, -0.2) is 8.78 Å². The van der Waals surface area contributed by atoms with Crippen molar-refractivity contribution in [2.24, 2.45) is 0 Å². The molecule has 0 aliphatic carbocycles. The summed E-state index contributed by atoms with van der Waals surface area (Å²) in [4.78, 5) is 0. The van der Waals surface area contributed by atoms with Gasteiger partial charge in [0.05, 0.1) is 0 Å². The van der Waals surface area contributed by atoms with Gasteiger partial charge >= 0.3 is 0 Å². The Kier molecular flexibility index (Phi) is 2.84. The number of hydrogen-bond acceptors (Lipinski definition) is 1. The molecule has 0 aliphatic rings. The maximum atomic E-state index is 13.9. The highest BCUT2D eigenvalue weighted by molar-refractivity contribution is 5.79. The van der Waals surface area contributed by atoms with Gasteiger partial charge in [-0.2, -0.15) is 0 Å². The van der Waals surface area contributed by atoms with E-state index in [9.17, 15) is 8.78 Å². The molecule has 3 heteroatoms. The molecule has 0 unspecified atom stereocenters. The Morgan fingerprint density at radius 3 is 2.29 bits per heavy atom. The van der Waals surface area contributed by atoms with Crippen LogP contribution in [0.3, 0.4) is 0 Å². The molecule has 17 heavy (non-hydrogen) atoms. The Balaban J connectivity index is 2.68. The minimum Gasteiger partial charge on any atom is -0.398 e. The third-order valence-corrected chi connectivity index (χ3v) is 2.71. The van der Waals surface area contributed by atoms with Crippen molar-refractivity contribution < 1.29 is 8.78 Å². The van der Waals surface area contributed by atoms with E-state index in [1.54, 1.807) is 0 Å². The summed E-state index contributed by atoms with van der Waals surface area (Å²) in [7, 11) is 0. The van der Waals surface area contributed by atoms with Gasteiger partial charge in [-0.1, -0.05) is 6.07 Å². The third-order valence-electron chi connectivity index (χ3n) is 2.71. The zero-order valence-corrected chi connectivity index (χ0v) is 9.72. The molecule has 0 amide bonds. The van der Waals surface area contributed by atoms with Crippen molar-refractivity contribution in [3.05, 3.63) is 53.1 Å². The summed E-state index contributed by atoms with van der Waals surface area (Å²) in [5.74, 6) is -0.753. The molecule has 88 valence electrons. The summed E-state index contributed by atoms with van der Waals surface area (Å²) in [5, 5.41) is 0. The molecule has 2 aromatic carbocycles. The Labute approximate surface area is 98.9 Å². The van der Waals surface area contributed by atoms with Crippen molar-refractivity contribution in [2.75, 3.05) is 5.73 Å². The fraction of sp³-hybridized carbons (Fsp3) is 0.143. The van der Waals surface area contributed by atoms with Crippen molar-refractivity contribution >= 4 is 5.69 Å². The Morgan fingerprint density at radius 2 is 1.71 bits per heavy atom. The quantitative estimate of drug-likeness (QED) is 0.744. The SMILES string of the molecule is Cc1cc(C)c(-c2ccc(F)cc2N)c(F)c1. The lowest BCUT2D eigenvalue weighted by Crippen LogP contribution is -1.96. The van der Waals surface area contributed by atoms with Gasteiger partial charge in [0.2, 0.25) is 0 Å². The highest BCUT2D eigenvalue weighted by atomic mass is 19.1. The first-order chi connectivity index (χ1) is 7.99. The summed E-state index contributed by atoms with van der Waals surface area (Å²) in [6.45, 7) is 3.64. The lowest BCUT2D eigenvalue weighted by atomic mass is 9.97. The summed E-state index contributed by atoms with van der Waals surface area (Å²) in [6, 6.07) is 7.32. The molecule has 0 atom stereocenters. The van der Waals surface area contributed by atoms with Gasteiger partial charge in [0.1, 0.15) is 11.6 Å². The molecular formula is C14H13F2N. The average molecular weight is 233 g/mol. The molecule has 0 saturated heterocycles. The van der Waals surface area contributed by atoms with E-state index >= 15 is 0 Å². The van der Waals surface area contributed by atoms with E-state index < -0.39 is 5.82 Å². The van der Waals surface area contributed by atoms with Crippen LogP contribution in [0.4, 0.5) is 14.5 Å². The molecule has 1 nitrogen and oxygen atoms in total. The van der Waals surface area contributed by atoms with Crippen LogP contribution in [0.15, 0.2) is 30.3 Å². The zero-order valence-electron chi connectivity index (χ0n) is 9.72. The summed E-state index contributed by atoms with van der Waals surface area (Å²) >= 11 is 0. The number of rotatable bonds is 1. The second-order valence-electron chi connectivity index (χ2n) is 4.17. The first-order valence-corrected chi connectivity index (χ1v) is 5.31. The van der Waals surface area contributed by atoms with E-state index in [1.165, 1.54) is 24.3 Å². The number of anilines is 1. The van der Waals surface area contributed by atoms with Crippen LogP contribution in [0.25, 0.3) is 11.1 Å². The van der Waals surface area contributed by atoms with Crippen molar-refractivity contribution in [2.45, 2.75) is 13.8 Å². The first-order valence-electron chi connectivity index (χ1n) is 5.31. The predicted molar refractivity (Wildman–Crippen MR) is 65.7 cm³/mol. The van der Waals surface area contributed by atoms with Crippen molar-refractivity contribution in [1.29, 1.82) is 0 Å². The topological polar surface area (TPSA) is 26.0 Å². The first kappa shape index (κ1) is 11.6. The molecule has 0 bridgehead atoms. The molecule has 0 radical (unpaired) electrons. The van der Waals surface area contributed by atoms with Crippen LogP contribution in [-0.4, -0.2) is 0 Å². The molecular weight excluding hydrogens is 220 g/mol. The normalized spacial score (nSPS) is 10.6. The van der Waals surface area contributed by atoms with E-state index in [0.717, 1.165) is 11.1 Å². The zero-order chi connectivity index (χ0) is 12.6. The highest BCUT2D eigenvalue weighted by Crippen LogP contribution is 2.32. The van der Waals surface area contributed by atoms with Gasteiger partial charge in [-0.3, -0.25) is 0 Å². The van der Waals surface area contributed by atoms with Crippen LogP contribution in [0, 0.1) is 25.5 Å². The van der Waals surface area contributed by atoms with Gasteiger partial charge in [0, 0.05) is 16.8 Å². The van der Waals surface area contributed by atoms with Gasteiger partial charge < -0.3 is 5.73 Å². The number of halogens is 2. The molecule has 0 aliphatic heterocycles. The summed E-state index contributed by atoms with van der Waals surface area (Å²) in [5.41, 5.74) is 8.58. The number of hydrogen-bond donors (Lipinski definition) is 1. The van der Waals surface area contributed by atoms with E-state index in [2.05, 4.69) is 0 Å². The third kappa shape index (κ3) is 2.13. The van der Waals surface area contributed by atoms with Crippen LogP contribution < -0.4 is 5.73 Å². The highest BCUT2D eigenvalue weighted by Gasteiger charge is 2.12. The minimum atomic E-state index is -0.420. The number of nitrogen functional groups attached to an aromatic ring is 1. The van der Waals surface area contributed by atoms with E-state index in [0.29, 0.717) is 11.1 Å². The minimum absolute atomic E-state index is 0.246. The second-order valence-corrected chi connectivity index (χ2v) is 4.17. The number of benzene rings is 2. The Hall–Kier alpha value is -1.90.